The Bertz CT molecular complexity index is 1010. The predicted octanol–water partition coefficient (Wildman–Crippen LogP) is 5.20. The monoisotopic (exact) mass is 372 g/mol. The lowest BCUT2D eigenvalue weighted by Gasteiger charge is -2.15. The largest absolute Gasteiger partial charge is 0.508 e. The van der Waals surface area contributed by atoms with Gasteiger partial charge in [0.2, 0.25) is 0 Å². The number of thioether (sulfide) groups is 1. The van der Waals surface area contributed by atoms with E-state index in [0.29, 0.717) is 10.1 Å². The molecule has 0 saturated carbocycles. The molecule has 1 aliphatic heterocycles. The summed E-state index contributed by atoms with van der Waals surface area (Å²) in [4.78, 5) is 20.0. The van der Waals surface area contributed by atoms with Gasteiger partial charge in [-0.05, 0) is 59.8 Å². The van der Waals surface area contributed by atoms with Crippen molar-refractivity contribution >= 4 is 40.3 Å². The molecule has 5 heteroatoms. The van der Waals surface area contributed by atoms with E-state index in [1.807, 2.05) is 66.7 Å². The zero-order valence-electron chi connectivity index (χ0n) is 14.3. The van der Waals surface area contributed by atoms with Crippen molar-refractivity contribution in [2.75, 3.05) is 4.90 Å². The zero-order valence-corrected chi connectivity index (χ0v) is 15.1. The van der Waals surface area contributed by atoms with Crippen LogP contribution in [0.5, 0.6) is 5.75 Å². The van der Waals surface area contributed by atoms with Crippen LogP contribution >= 0.6 is 11.8 Å². The molecule has 1 fully saturated rings. The van der Waals surface area contributed by atoms with Crippen molar-refractivity contribution in [1.29, 1.82) is 0 Å². The number of aliphatic imine (C=N–C) groups is 1. The summed E-state index contributed by atoms with van der Waals surface area (Å²) in [6.07, 6.45) is 1.82. The van der Waals surface area contributed by atoms with Crippen LogP contribution in [0.2, 0.25) is 0 Å². The first-order valence-corrected chi connectivity index (χ1v) is 9.24. The van der Waals surface area contributed by atoms with Crippen LogP contribution in [0.25, 0.3) is 6.08 Å². The molecule has 1 amide bonds. The van der Waals surface area contributed by atoms with Gasteiger partial charge in [0.15, 0.2) is 5.17 Å². The number of carbonyl (C=O) groups is 1. The normalized spacial score (nSPS) is 17.0. The number of phenols is 1. The Hall–Kier alpha value is -3.31. The molecule has 1 saturated heterocycles. The van der Waals surface area contributed by atoms with E-state index in [0.717, 1.165) is 16.9 Å². The molecule has 0 spiro atoms. The number of aromatic hydroxyl groups is 1. The number of amides is 1. The second kappa shape index (κ2) is 7.51. The van der Waals surface area contributed by atoms with Crippen molar-refractivity contribution in [3.63, 3.8) is 0 Å². The molecule has 0 bridgehead atoms. The summed E-state index contributed by atoms with van der Waals surface area (Å²) in [6.45, 7) is 0. The highest BCUT2D eigenvalue weighted by molar-refractivity contribution is 8.19. The second-order valence-electron chi connectivity index (χ2n) is 5.91. The van der Waals surface area contributed by atoms with E-state index in [-0.39, 0.29) is 11.7 Å². The highest BCUT2D eigenvalue weighted by Crippen LogP contribution is 2.37. The fourth-order valence-corrected chi connectivity index (χ4v) is 3.69. The Labute approximate surface area is 161 Å². The zero-order chi connectivity index (χ0) is 18.6. The minimum absolute atomic E-state index is 0.117. The molecule has 4 nitrogen and oxygen atoms in total. The molecule has 0 aromatic heterocycles. The average Bonchev–Trinajstić information content (AvgIpc) is 3.00. The summed E-state index contributed by atoms with van der Waals surface area (Å²) in [5.41, 5.74) is 2.41. The minimum Gasteiger partial charge on any atom is -0.508 e. The highest BCUT2D eigenvalue weighted by Gasteiger charge is 2.34. The first-order chi connectivity index (χ1) is 13.2. The number of hydrogen-bond donors (Lipinski definition) is 1. The molecule has 0 unspecified atom stereocenters. The van der Waals surface area contributed by atoms with Gasteiger partial charge in [0, 0.05) is 0 Å². The molecule has 27 heavy (non-hydrogen) atoms. The fourth-order valence-electron chi connectivity index (χ4n) is 2.69. The van der Waals surface area contributed by atoms with Crippen LogP contribution < -0.4 is 4.90 Å². The summed E-state index contributed by atoms with van der Waals surface area (Å²) < 4.78 is 0. The molecule has 1 aliphatic rings. The van der Waals surface area contributed by atoms with E-state index in [9.17, 15) is 9.90 Å². The molecule has 4 rings (SSSR count). The summed E-state index contributed by atoms with van der Waals surface area (Å²) in [6, 6.07) is 25.8. The number of para-hydroxylation sites is 2. The third kappa shape index (κ3) is 3.78. The number of rotatable bonds is 3. The number of amidine groups is 1. The van der Waals surface area contributed by atoms with E-state index in [4.69, 9.17) is 0 Å². The Morgan fingerprint density at radius 1 is 0.852 bits per heavy atom. The van der Waals surface area contributed by atoms with Crippen LogP contribution in [0, 0.1) is 0 Å². The van der Waals surface area contributed by atoms with Crippen LogP contribution in [-0.4, -0.2) is 16.2 Å². The van der Waals surface area contributed by atoms with Crippen molar-refractivity contribution in [3.05, 3.63) is 95.4 Å². The smallest absolute Gasteiger partial charge is 0.271 e. The SMILES string of the molecule is O=C1C(=Cc2ccc(O)cc2)SC(=Nc2ccccc2)N1c1ccccc1. The maximum Gasteiger partial charge on any atom is 0.271 e. The average molecular weight is 372 g/mol. The summed E-state index contributed by atoms with van der Waals surface area (Å²) >= 11 is 1.34. The number of carbonyl (C=O) groups excluding carboxylic acids is 1. The number of anilines is 1. The van der Waals surface area contributed by atoms with Gasteiger partial charge < -0.3 is 5.11 Å². The third-order valence-corrected chi connectivity index (χ3v) is 4.96. The number of benzene rings is 3. The third-order valence-electron chi connectivity index (χ3n) is 3.99. The van der Waals surface area contributed by atoms with E-state index in [2.05, 4.69) is 4.99 Å². The van der Waals surface area contributed by atoms with Crippen molar-refractivity contribution in [1.82, 2.24) is 0 Å². The maximum absolute atomic E-state index is 13.1. The second-order valence-corrected chi connectivity index (χ2v) is 6.92. The number of hydrogen-bond acceptors (Lipinski definition) is 4. The molecule has 0 radical (unpaired) electrons. The highest BCUT2D eigenvalue weighted by atomic mass is 32.2. The molecule has 132 valence electrons. The minimum atomic E-state index is -0.117. The van der Waals surface area contributed by atoms with Gasteiger partial charge in [-0.2, -0.15) is 0 Å². The topological polar surface area (TPSA) is 52.9 Å². The number of phenolic OH excluding ortho intramolecular Hbond substituents is 1. The van der Waals surface area contributed by atoms with Crippen molar-refractivity contribution in [3.8, 4) is 5.75 Å². The fraction of sp³-hybridized carbons (Fsp3) is 0. The Balaban J connectivity index is 1.76. The molecule has 1 N–H and O–H groups in total. The molecule has 3 aromatic carbocycles. The van der Waals surface area contributed by atoms with Gasteiger partial charge in [0.05, 0.1) is 16.3 Å². The van der Waals surface area contributed by atoms with Gasteiger partial charge in [-0.3, -0.25) is 9.69 Å². The Morgan fingerprint density at radius 2 is 1.48 bits per heavy atom. The lowest BCUT2D eigenvalue weighted by atomic mass is 10.2. The van der Waals surface area contributed by atoms with E-state index in [1.54, 1.807) is 29.2 Å². The summed E-state index contributed by atoms with van der Waals surface area (Å²) in [7, 11) is 0. The molecule has 0 atom stereocenters. The van der Waals surface area contributed by atoms with Gasteiger partial charge >= 0.3 is 0 Å². The van der Waals surface area contributed by atoms with Gasteiger partial charge in [0.1, 0.15) is 5.75 Å². The molecular formula is C22H16N2O2S. The van der Waals surface area contributed by atoms with E-state index in [1.165, 1.54) is 11.8 Å². The predicted molar refractivity (Wildman–Crippen MR) is 111 cm³/mol. The van der Waals surface area contributed by atoms with Crippen LogP contribution in [-0.2, 0) is 4.79 Å². The van der Waals surface area contributed by atoms with Gasteiger partial charge in [-0.1, -0.05) is 48.5 Å². The summed E-state index contributed by atoms with van der Waals surface area (Å²) in [5, 5.41) is 10.1. The number of nitrogens with zero attached hydrogens (tertiary/aromatic N) is 2. The van der Waals surface area contributed by atoms with Crippen LogP contribution in [0.3, 0.4) is 0 Å². The Kier molecular flexibility index (Phi) is 4.77. The van der Waals surface area contributed by atoms with E-state index < -0.39 is 0 Å². The quantitative estimate of drug-likeness (QED) is 0.643. The van der Waals surface area contributed by atoms with Crippen molar-refractivity contribution in [2.24, 2.45) is 4.99 Å². The Morgan fingerprint density at radius 3 is 2.15 bits per heavy atom. The van der Waals surface area contributed by atoms with Gasteiger partial charge in [0.25, 0.3) is 5.91 Å². The lowest BCUT2D eigenvalue weighted by Crippen LogP contribution is -2.28. The van der Waals surface area contributed by atoms with Gasteiger partial charge in [-0.15, -0.1) is 0 Å². The lowest BCUT2D eigenvalue weighted by molar-refractivity contribution is -0.113. The van der Waals surface area contributed by atoms with Crippen LogP contribution in [0.1, 0.15) is 5.56 Å². The van der Waals surface area contributed by atoms with Crippen LogP contribution in [0.4, 0.5) is 11.4 Å². The summed E-state index contributed by atoms with van der Waals surface area (Å²) in [5.74, 6) is 0.0775. The van der Waals surface area contributed by atoms with Crippen molar-refractivity contribution < 1.29 is 9.90 Å². The standard InChI is InChI=1S/C22H16N2O2S/c25-19-13-11-16(12-14-19)15-20-21(26)24(18-9-5-2-6-10-18)22(27-20)23-17-7-3-1-4-8-17/h1-15,25H. The maximum atomic E-state index is 13.1. The van der Waals surface area contributed by atoms with Crippen molar-refractivity contribution in [2.45, 2.75) is 0 Å². The molecule has 3 aromatic rings. The molecule has 1 heterocycles. The molecular weight excluding hydrogens is 356 g/mol. The van der Waals surface area contributed by atoms with E-state index >= 15 is 0 Å². The first kappa shape index (κ1) is 17.1. The van der Waals surface area contributed by atoms with Gasteiger partial charge in [-0.25, -0.2) is 4.99 Å². The van der Waals surface area contributed by atoms with Crippen LogP contribution in [0.15, 0.2) is 94.8 Å². The first-order valence-electron chi connectivity index (χ1n) is 8.42. The molecule has 0 aliphatic carbocycles.